The molecule has 4 atom stereocenters. The molecule has 46 heavy (non-hydrogen) atoms. The van der Waals surface area contributed by atoms with Gasteiger partial charge >= 0.3 is 5.97 Å². The van der Waals surface area contributed by atoms with E-state index >= 15 is 0 Å². The van der Waals surface area contributed by atoms with Crippen LogP contribution >= 0.6 is 0 Å². The number of hydrogen-bond donors (Lipinski definition) is 0. The summed E-state index contributed by atoms with van der Waals surface area (Å²) in [4.78, 5) is 36.4. The lowest BCUT2D eigenvalue weighted by Gasteiger charge is -2.42. The second kappa shape index (κ2) is 17.4. The van der Waals surface area contributed by atoms with Gasteiger partial charge in [0, 0.05) is 26.2 Å². The van der Waals surface area contributed by atoms with Crippen molar-refractivity contribution < 1.29 is 19.1 Å². The van der Waals surface area contributed by atoms with E-state index in [2.05, 4.69) is 91.5 Å². The van der Waals surface area contributed by atoms with Crippen LogP contribution in [0.4, 0.5) is 0 Å². The van der Waals surface area contributed by atoms with E-state index in [0.29, 0.717) is 31.0 Å². The first kappa shape index (κ1) is 38.7. The molecule has 4 nitrogen and oxygen atoms in total. The molecule has 0 saturated heterocycles. The van der Waals surface area contributed by atoms with Crippen LogP contribution < -0.4 is 0 Å². The Labute approximate surface area is 279 Å². The third-order valence-electron chi connectivity index (χ3n) is 9.36. The zero-order valence-corrected chi connectivity index (χ0v) is 30.3. The molecule has 2 fully saturated rings. The number of Topliss-reactive ketones (excluding diaryl/α,β-unsaturated/α-hetero) is 2. The first-order valence-corrected chi connectivity index (χ1v) is 16.8. The van der Waals surface area contributed by atoms with E-state index in [-0.39, 0.29) is 40.5 Å². The molecule has 0 bridgehead atoms. The lowest BCUT2D eigenvalue weighted by atomic mass is 9.62. The summed E-state index contributed by atoms with van der Waals surface area (Å²) in [5.74, 6) is 1.04. The van der Waals surface area contributed by atoms with E-state index < -0.39 is 0 Å². The Morgan fingerprint density at radius 1 is 0.848 bits per heavy atom. The van der Waals surface area contributed by atoms with Crippen molar-refractivity contribution in [1.82, 2.24) is 0 Å². The van der Waals surface area contributed by atoms with Gasteiger partial charge in [0.2, 0.25) is 0 Å². The lowest BCUT2D eigenvalue weighted by molar-refractivity contribution is -0.149. The Morgan fingerprint density at radius 2 is 1.41 bits per heavy atom. The molecule has 2 rings (SSSR count). The summed E-state index contributed by atoms with van der Waals surface area (Å²) in [6.45, 7) is 22.5. The van der Waals surface area contributed by atoms with Crippen molar-refractivity contribution in [2.24, 2.45) is 28.6 Å². The fourth-order valence-electron chi connectivity index (χ4n) is 6.98. The monoisotopic (exact) mass is 626 g/mol. The van der Waals surface area contributed by atoms with Gasteiger partial charge in [0.1, 0.15) is 11.9 Å². The topological polar surface area (TPSA) is 60.4 Å². The summed E-state index contributed by atoms with van der Waals surface area (Å²) in [5, 5.41) is 0. The molecule has 0 aromatic heterocycles. The van der Waals surface area contributed by atoms with Crippen molar-refractivity contribution in [2.45, 2.75) is 114 Å². The summed E-state index contributed by atoms with van der Waals surface area (Å²) in [5.41, 5.74) is 8.74. The summed E-state index contributed by atoms with van der Waals surface area (Å²) in [6.07, 6.45) is 25.5. The zero-order valence-electron chi connectivity index (χ0n) is 30.3. The SMILES string of the molecule is CC(=O)OC1CC(C)C(=C=C/C(C)=C/C=C/C(C)=C/C=C/C=C(C)/C=C/C=C(\C)C(=O)CC2C(C)CC(=O)CC2(C)C)C(C)(C)C1. The minimum Gasteiger partial charge on any atom is -0.463 e. The van der Waals surface area contributed by atoms with Crippen LogP contribution in [0.1, 0.15) is 108 Å². The van der Waals surface area contributed by atoms with Crippen molar-refractivity contribution in [2.75, 3.05) is 0 Å². The highest BCUT2D eigenvalue weighted by molar-refractivity contribution is 5.95. The average Bonchev–Trinajstić information content (AvgIpc) is 2.91. The van der Waals surface area contributed by atoms with Crippen molar-refractivity contribution in [3.63, 3.8) is 0 Å². The second-order valence-electron chi connectivity index (χ2n) is 15.0. The highest BCUT2D eigenvalue weighted by Crippen LogP contribution is 2.45. The minimum absolute atomic E-state index is 0.0280. The van der Waals surface area contributed by atoms with Crippen LogP contribution in [0.5, 0.6) is 0 Å². The average molecular weight is 627 g/mol. The Hall–Kier alpha value is -3.49. The van der Waals surface area contributed by atoms with Crippen LogP contribution in [-0.2, 0) is 19.1 Å². The van der Waals surface area contributed by atoms with Gasteiger partial charge in [-0.25, -0.2) is 0 Å². The number of allylic oxidation sites excluding steroid dienone is 15. The number of carbonyl (C=O) groups excluding carboxylic acids is 3. The number of hydrogen-bond acceptors (Lipinski definition) is 4. The van der Waals surface area contributed by atoms with Crippen LogP contribution in [0.2, 0.25) is 0 Å². The molecule has 4 unspecified atom stereocenters. The maximum Gasteiger partial charge on any atom is 0.302 e. The molecule has 0 aliphatic heterocycles. The molecule has 0 aromatic rings. The molecule has 0 radical (unpaired) electrons. The molecule has 0 amide bonds. The summed E-state index contributed by atoms with van der Waals surface area (Å²) < 4.78 is 5.51. The molecule has 4 heteroatoms. The fourth-order valence-corrected chi connectivity index (χ4v) is 6.98. The van der Waals surface area contributed by atoms with Crippen molar-refractivity contribution >= 4 is 17.5 Å². The summed E-state index contributed by atoms with van der Waals surface area (Å²) in [7, 11) is 0. The van der Waals surface area contributed by atoms with Crippen molar-refractivity contribution in [1.29, 1.82) is 0 Å². The Balaban J connectivity index is 1.92. The predicted octanol–water partition coefficient (Wildman–Crippen LogP) is 10.5. The molecule has 0 N–H and O–H groups in total. The summed E-state index contributed by atoms with van der Waals surface area (Å²) >= 11 is 0. The van der Waals surface area contributed by atoms with E-state index in [1.807, 2.05) is 50.3 Å². The smallest absolute Gasteiger partial charge is 0.302 e. The molecule has 2 saturated carbocycles. The van der Waals surface area contributed by atoms with Gasteiger partial charge in [-0.3, -0.25) is 14.4 Å². The minimum atomic E-state index is -0.208. The number of rotatable bonds is 11. The van der Waals surface area contributed by atoms with Crippen LogP contribution in [0.3, 0.4) is 0 Å². The molecular weight excluding hydrogens is 568 g/mol. The number of esters is 1. The van der Waals surface area contributed by atoms with Crippen LogP contribution in [0.15, 0.2) is 100 Å². The van der Waals surface area contributed by atoms with Crippen molar-refractivity contribution in [3.8, 4) is 0 Å². The molecule has 0 aromatic carbocycles. The number of ketones is 2. The van der Waals surface area contributed by atoms with Crippen LogP contribution in [-0.4, -0.2) is 23.6 Å². The van der Waals surface area contributed by atoms with Gasteiger partial charge in [0.05, 0.1) is 0 Å². The quantitative estimate of drug-likeness (QED) is 0.0991. The lowest BCUT2D eigenvalue weighted by Crippen LogP contribution is -2.39. The summed E-state index contributed by atoms with van der Waals surface area (Å²) in [6, 6.07) is 0. The Bertz CT molecular complexity index is 1410. The van der Waals surface area contributed by atoms with Crippen LogP contribution in [0.25, 0.3) is 0 Å². The second-order valence-corrected chi connectivity index (χ2v) is 15.0. The van der Waals surface area contributed by atoms with E-state index in [1.165, 1.54) is 12.5 Å². The van der Waals surface area contributed by atoms with Gasteiger partial charge in [-0.05, 0) is 91.9 Å². The number of carbonyl (C=O) groups is 3. The standard InChI is InChI=1S/C42H58O4/c1-29(18-14-19-31(3)22-23-38-34(6)25-37(46-35(7)43)28-42(38,10)11)16-12-13-17-30(2)20-15-21-32(4)40(45)26-39-33(5)24-36(44)27-41(39,8)9/h12-22,33-34,37,39H,24-28H2,1-11H3/b13-12+,18-14+,20-15+,29-16+,30-17+,31-19+,32-21+. The first-order valence-electron chi connectivity index (χ1n) is 16.8. The molecule has 0 spiro atoms. The third kappa shape index (κ3) is 12.7. The molecule has 2 aliphatic carbocycles. The zero-order chi connectivity index (χ0) is 34.7. The molecule has 2 aliphatic rings. The van der Waals surface area contributed by atoms with Gasteiger partial charge in [-0.15, -0.1) is 5.73 Å². The van der Waals surface area contributed by atoms with Gasteiger partial charge in [0.25, 0.3) is 0 Å². The highest BCUT2D eigenvalue weighted by atomic mass is 16.5. The molecule has 0 heterocycles. The van der Waals surface area contributed by atoms with E-state index in [4.69, 9.17) is 4.74 Å². The largest absolute Gasteiger partial charge is 0.463 e. The Morgan fingerprint density at radius 3 is 1.96 bits per heavy atom. The fraction of sp³-hybridized carbons (Fsp3) is 0.524. The van der Waals surface area contributed by atoms with Gasteiger partial charge in [-0.2, -0.15) is 0 Å². The predicted molar refractivity (Wildman–Crippen MR) is 192 cm³/mol. The molecule has 250 valence electrons. The van der Waals surface area contributed by atoms with Gasteiger partial charge < -0.3 is 4.74 Å². The maximum atomic E-state index is 12.9. The normalized spacial score (nSPS) is 26.2. The van der Waals surface area contributed by atoms with E-state index in [9.17, 15) is 14.4 Å². The van der Waals surface area contributed by atoms with Crippen molar-refractivity contribution in [3.05, 3.63) is 100 Å². The highest BCUT2D eigenvalue weighted by Gasteiger charge is 2.41. The third-order valence-corrected chi connectivity index (χ3v) is 9.36. The maximum absolute atomic E-state index is 12.9. The Kier molecular flexibility index (Phi) is 14.7. The first-order chi connectivity index (χ1) is 21.4. The molecular formula is C42H58O4. The van der Waals surface area contributed by atoms with Gasteiger partial charge in [-0.1, -0.05) is 113 Å². The van der Waals surface area contributed by atoms with E-state index in [1.54, 1.807) is 0 Å². The van der Waals surface area contributed by atoms with Gasteiger partial charge in [0.15, 0.2) is 5.78 Å². The number of ether oxygens (including phenoxy) is 1. The van der Waals surface area contributed by atoms with Crippen LogP contribution in [0, 0.1) is 28.6 Å². The van der Waals surface area contributed by atoms with E-state index in [0.717, 1.165) is 35.1 Å².